The van der Waals surface area contributed by atoms with Crippen molar-refractivity contribution >= 4 is 15.7 Å². The number of carbonyl (C=O) groups is 1. The maximum Gasteiger partial charge on any atom is 0.417 e. The van der Waals surface area contributed by atoms with Gasteiger partial charge < -0.3 is 9.64 Å². The van der Waals surface area contributed by atoms with Crippen molar-refractivity contribution in [1.82, 2.24) is 9.88 Å². The van der Waals surface area contributed by atoms with E-state index in [1.807, 2.05) is 6.92 Å². The lowest BCUT2D eigenvalue weighted by molar-refractivity contribution is -0.137. The smallest absolute Gasteiger partial charge is 0.417 e. The van der Waals surface area contributed by atoms with Crippen molar-refractivity contribution in [2.45, 2.75) is 37.5 Å². The molecule has 1 aliphatic heterocycles. The average Bonchev–Trinajstić information content (AvgIpc) is 3.07. The van der Waals surface area contributed by atoms with Crippen molar-refractivity contribution < 1.29 is 31.1 Å². The van der Waals surface area contributed by atoms with E-state index in [0.717, 1.165) is 18.5 Å². The van der Waals surface area contributed by atoms with Gasteiger partial charge in [-0.25, -0.2) is 8.42 Å². The topological polar surface area (TPSA) is 76.6 Å². The van der Waals surface area contributed by atoms with Crippen LogP contribution in [0.4, 0.5) is 13.2 Å². The molecule has 2 aromatic rings. The first kappa shape index (κ1) is 21.1. The molecule has 6 nitrogen and oxygen atoms in total. The highest BCUT2D eigenvalue weighted by atomic mass is 32.2. The molecule has 0 saturated heterocycles. The van der Waals surface area contributed by atoms with Crippen LogP contribution in [0.25, 0.3) is 0 Å². The van der Waals surface area contributed by atoms with Gasteiger partial charge in [-0.2, -0.15) is 13.2 Å². The van der Waals surface area contributed by atoms with Crippen molar-refractivity contribution in [3.8, 4) is 5.75 Å². The Morgan fingerprint density at radius 3 is 2.59 bits per heavy atom. The summed E-state index contributed by atoms with van der Waals surface area (Å²) in [6.45, 7) is 2.19. The number of ether oxygens (including phenoxy) is 1. The molecule has 0 N–H and O–H groups in total. The Hall–Kier alpha value is -2.62. The number of hydrogen-bond donors (Lipinski definition) is 0. The molecule has 0 spiro atoms. The van der Waals surface area contributed by atoms with Crippen LogP contribution in [-0.4, -0.2) is 37.1 Å². The minimum Gasteiger partial charge on any atom is -0.493 e. The summed E-state index contributed by atoms with van der Waals surface area (Å²) in [5.74, 6) is -0.308. The van der Waals surface area contributed by atoms with Crippen LogP contribution in [0.15, 0.2) is 35.4 Å². The van der Waals surface area contributed by atoms with Crippen molar-refractivity contribution in [2.24, 2.45) is 0 Å². The molecular weight excluding hydrogens is 409 g/mol. The van der Waals surface area contributed by atoms with Crippen LogP contribution in [0.1, 0.15) is 40.5 Å². The summed E-state index contributed by atoms with van der Waals surface area (Å²) in [6.07, 6.45) is -2.07. The molecule has 3 rings (SSSR count). The number of carbonyl (C=O) groups excluding carboxylic acids is 1. The number of fused-ring (bicyclic) bond motifs is 1. The second-order valence-corrected chi connectivity index (χ2v) is 8.78. The first-order valence-corrected chi connectivity index (χ1v) is 10.7. The van der Waals surface area contributed by atoms with E-state index in [-0.39, 0.29) is 29.3 Å². The van der Waals surface area contributed by atoms with Crippen LogP contribution in [-0.2, 0) is 29.1 Å². The number of pyridine rings is 1. The lowest BCUT2D eigenvalue weighted by atomic mass is 10.1. The van der Waals surface area contributed by atoms with Gasteiger partial charge in [0.15, 0.2) is 9.84 Å². The van der Waals surface area contributed by atoms with Gasteiger partial charge >= 0.3 is 6.18 Å². The fourth-order valence-electron chi connectivity index (χ4n) is 2.97. The quantitative estimate of drug-likeness (QED) is 0.729. The van der Waals surface area contributed by atoms with E-state index < -0.39 is 27.5 Å². The van der Waals surface area contributed by atoms with E-state index in [2.05, 4.69) is 4.98 Å². The predicted molar refractivity (Wildman–Crippen MR) is 98.2 cm³/mol. The van der Waals surface area contributed by atoms with Gasteiger partial charge in [-0.05, 0) is 36.2 Å². The SMILES string of the molecule is CCCOc1ccc(S(C)(=O)=O)cc1C(=O)N1Cc2cc(C(F)(F)F)cnc2C1. The number of hydrogen-bond acceptors (Lipinski definition) is 5. The molecule has 0 unspecified atom stereocenters. The average molecular weight is 428 g/mol. The van der Waals surface area contributed by atoms with Crippen LogP contribution in [0.2, 0.25) is 0 Å². The van der Waals surface area contributed by atoms with Crippen molar-refractivity contribution in [1.29, 1.82) is 0 Å². The Bertz CT molecular complexity index is 1050. The number of benzene rings is 1. The molecule has 1 aromatic carbocycles. The molecule has 0 radical (unpaired) electrons. The van der Waals surface area contributed by atoms with Gasteiger partial charge in [-0.15, -0.1) is 0 Å². The Balaban J connectivity index is 1.93. The van der Waals surface area contributed by atoms with Crippen LogP contribution in [0.5, 0.6) is 5.75 Å². The van der Waals surface area contributed by atoms with Crippen LogP contribution >= 0.6 is 0 Å². The van der Waals surface area contributed by atoms with Gasteiger partial charge in [0, 0.05) is 19.0 Å². The van der Waals surface area contributed by atoms with Crippen molar-refractivity contribution in [2.75, 3.05) is 12.9 Å². The molecule has 0 atom stereocenters. The number of halogens is 3. The minimum atomic E-state index is -4.52. The fourth-order valence-corrected chi connectivity index (χ4v) is 3.62. The standard InChI is InChI=1S/C19H19F3N2O4S/c1-3-6-28-17-5-4-14(29(2,26)27)8-15(17)18(25)24-10-12-7-13(19(20,21)22)9-23-16(12)11-24/h4-5,7-9H,3,6,10-11H2,1-2H3. The molecule has 29 heavy (non-hydrogen) atoms. The van der Waals surface area contributed by atoms with Crippen molar-refractivity contribution in [3.05, 3.63) is 52.8 Å². The van der Waals surface area contributed by atoms with E-state index in [0.29, 0.717) is 24.3 Å². The van der Waals surface area contributed by atoms with E-state index >= 15 is 0 Å². The number of sulfone groups is 1. The minimum absolute atomic E-state index is 0.0304. The van der Waals surface area contributed by atoms with Gasteiger partial charge in [0.05, 0.1) is 34.9 Å². The van der Waals surface area contributed by atoms with Crippen LogP contribution in [0, 0.1) is 0 Å². The number of rotatable bonds is 5. The summed E-state index contributed by atoms with van der Waals surface area (Å²) in [4.78, 5) is 18.2. The maximum atomic E-state index is 13.1. The highest BCUT2D eigenvalue weighted by Crippen LogP contribution is 2.33. The molecule has 1 aromatic heterocycles. The summed E-state index contributed by atoms with van der Waals surface area (Å²) < 4.78 is 68.1. The second kappa shape index (κ2) is 7.66. The number of aromatic nitrogens is 1. The zero-order valence-corrected chi connectivity index (χ0v) is 16.6. The zero-order valence-electron chi connectivity index (χ0n) is 15.8. The van der Waals surface area contributed by atoms with Crippen LogP contribution < -0.4 is 4.74 Å². The summed E-state index contributed by atoms with van der Waals surface area (Å²) in [5.41, 5.74) is -0.146. The first-order chi connectivity index (χ1) is 13.5. The highest BCUT2D eigenvalue weighted by molar-refractivity contribution is 7.90. The van der Waals surface area contributed by atoms with Gasteiger partial charge in [-0.1, -0.05) is 6.92 Å². The molecule has 156 valence electrons. The van der Waals surface area contributed by atoms with Crippen molar-refractivity contribution in [3.63, 3.8) is 0 Å². The van der Waals surface area contributed by atoms with E-state index in [1.54, 1.807) is 0 Å². The number of nitrogens with zero attached hydrogens (tertiary/aromatic N) is 2. The van der Waals surface area contributed by atoms with Crippen LogP contribution in [0.3, 0.4) is 0 Å². The molecular formula is C19H19F3N2O4S. The molecule has 0 saturated carbocycles. The third-order valence-electron chi connectivity index (χ3n) is 4.45. The van der Waals surface area contributed by atoms with Gasteiger partial charge in [0.2, 0.25) is 0 Å². The molecule has 1 aliphatic rings. The van der Waals surface area contributed by atoms with E-state index in [1.165, 1.54) is 23.1 Å². The first-order valence-electron chi connectivity index (χ1n) is 8.82. The molecule has 10 heteroatoms. The van der Waals surface area contributed by atoms with E-state index in [9.17, 15) is 26.4 Å². The second-order valence-electron chi connectivity index (χ2n) is 6.77. The lowest BCUT2D eigenvalue weighted by Crippen LogP contribution is -2.26. The summed E-state index contributed by atoms with van der Waals surface area (Å²) >= 11 is 0. The zero-order chi connectivity index (χ0) is 21.4. The Kier molecular flexibility index (Phi) is 5.57. The third-order valence-corrected chi connectivity index (χ3v) is 5.56. The summed E-state index contributed by atoms with van der Waals surface area (Å²) in [5, 5.41) is 0. The Morgan fingerprint density at radius 2 is 1.97 bits per heavy atom. The highest BCUT2D eigenvalue weighted by Gasteiger charge is 2.34. The normalized spacial score (nSPS) is 14.0. The van der Waals surface area contributed by atoms with Gasteiger partial charge in [-0.3, -0.25) is 9.78 Å². The fraction of sp³-hybridized carbons (Fsp3) is 0.368. The Labute approximate surface area is 166 Å². The number of alkyl halides is 3. The third kappa shape index (κ3) is 4.52. The van der Waals surface area contributed by atoms with E-state index in [4.69, 9.17) is 4.74 Å². The summed E-state index contributed by atoms with van der Waals surface area (Å²) in [6, 6.07) is 4.99. The molecule has 0 bridgehead atoms. The molecule has 1 amide bonds. The maximum absolute atomic E-state index is 13.1. The predicted octanol–water partition coefficient (Wildman–Crippen LogP) is 3.45. The van der Waals surface area contributed by atoms with Gasteiger partial charge in [0.1, 0.15) is 5.75 Å². The molecule has 0 aliphatic carbocycles. The largest absolute Gasteiger partial charge is 0.493 e. The molecule has 2 heterocycles. The van der Waals surface area contributed by atoms with Gasteiger partial charge in [0.25, 0.3) is 5.91 Å². The Morgan fingerprint density at radius 1 is 1.24 bits per heavy atom. The number of amides is 1. The molecule has 0 fully saturated rings. The summed E-state index contributed by atoms with van der Waals surface area (Å²) in [7, 11) is -3.56. The monoisotopic (exact) mass is 428 g/mol. The lowest BCUT2D eigenvalue weighted by Gasteiger charge is -2.18.